The minimum absolute atomic E-state index is 0.0474. The lowest BCUT2D eigenvalue weighted by atomic mass is 9.73. The first-order valence-electron chi connectivity index (χ1n) is 8.98. The Balaban J connectivity index is 1.66. The van der Waals surface area contributed by atoms with Crippen molar-refractivity contribution < 1.29 is 14.2 Å². The van der Waals surface area contributed by atoms with E-state index in [1.807, 2.05) is 10.9 Å². The van der Waals surface area contributed by atoms with Crippen LogP contribution in [-0.4, -0.2) is 33.7 Å². The predicted octanol–water partition coefficient (Wildman–Crippen LogP) is 3.68. The van der Waals surface area contributed by atoms with Crippen LogP contribution in [0.2, 0.25) is 0 Å². The van der Waals surface area contributed by atoms with Crippen molar-refractivity contribution in [3.63, 3.8) is 0 Å². The summed E-state index contributed by atoms with van der Waals surface area (Å²) in [6, 6.07) is 6.39. The number of aliphatic hydroxyl groups is 1. The molecule has 4 nitrogen and oxygen atoms in total. The van der Waals surface area contributed by atoms with Gasteiger partial charge in [0.05, 0.1) is 36.4 Å². The predicted molar refractivity (Wildman–Crippen MR) is 98.5 cm³/mol. The molecular weight excluding hydrogens is 331 g/mol. The van der Waals surface area contributed by atoms with Gasteiger partial charge in [-0.1, -0.05) is 18.6 Å². The molecular formula is C21H23FN2O2. The average molecular weight is 354 g/mol. The number of aliphatic hydroxyl groups excluding tert-OH is 1. The van der Waals surface area contributed by atoms with Crippen LogP contribution in [0.15, 0.2) is 48.7 Å². The maximum Gasteiger partial charge on any atom is 0.123 e. The van der Waals surface area contributed by atoms with Crippen molar-refractivity contribution >= 4 is 6.08 Å². The second-order valence-electron chi connectivity index (χ2n) is 7.33. The number of ether oxygens (including phenoxy) is 1. The van der Waals surface area contributed by atoms with Crippen LogP contribution in [0.1, 0.15) is 31.0 Å². The van der Waals surface area contributed by atoms with Gasteiger partial charge < -0.3 is 9.84 Å². The van der Waals surface area contributed by atoms with Gasteiger partial charge in [0.1, 0.15) is 5.82 Å². The summed E-state index contributed by atoms with van der Waals surface area (Å²) in [7, 11) is 0. The fourth-order valence-corrected chi connectivity index (χ4v) is 4.19. The fraction of sp³-hybridized carbons (Fsp3) is 0.381. The van der Waals surface area contributed by atoms with Gasteiger partial charge in [-0.2, -0.15) is 5.10 Å². The molecule has 4 rings (SSSR count). The Morgan fingerprint density at radius 3 is 2.92 bits per heavy atom. The zero-order valence-electron chi connectivity index (χ0n) is 14.9. The van der Waals surface area contributed by atoms with E-state index < -0.39 is 0 Å². The Morgan fingerprint density at radius 2 is 2.23 bits per heavy atom. The van der Waals surface area contributed by atoms with E-state index in [0.29, 0.717) is 0 Å². The van der Waals surface area contributed by atoms with E-state index in [-0.39, 0.29) is 30.0 Å². The van der Waals surface area contributed by atoms with Crippen molar-refractivity contribution in [2.24, 2.45) is 5.41 Å². The lowest BCUT2D eigenvalue weighted by molar-refractivity contribution is -0.0530. The Kier molecular flexibility index (Phi) is 4.29. The summed E-state index contributed by atoms with van der Waals surface area (Å²) in [5, 5.41) is 13.9. The van der Waals surface area contributed by atoms with E-state index in [4.69, 9.17) is 4.74 Å². The highest BCUT2D eigenvalue weighted by molar-refractivity contribution is 5.62. The molecule has 1 N–H and O–H groups in total. The van der Waals surface area contributed by atoms with Crippen LogP contribution < -0.4 is 0 Å². The van der Waals surface area contributed by atoms with E-state index >= 15 is 0 Å². The fourth-order valence-electron chi connectivity index (χ4n) is 4.19. The molecule has 1 aromatic heterocycles. The normalized spacial score (nSPS) is 25.3. The summed E-state index contributed by atoms with van der Waals surface area (Å²) in [5.41, 5.74) is 4.33. The number of nitrogens with zero attached hydrogens (tertiary/aromatic N) is 2. The molecule has 1 fully saturated rings. The molecule has 136 valence electrons. The molecule has 2 aromatic rings. The largest absolute Gasteiger partial charge is 0.393 e. The van der Waals surface area contributed by atoms with Gasteiger partial charge in [-0.3, -0.25) is 0 Å². The second kappa shape index (κ2) is 6.49. The molecule has 1 aromatic carbocycles. The van der Waals surface area contributed by atoms with Crippen molar-refractivity contribution in [3.05, 3.63) is 65.8 Å². The van der Waals surface area contributed by atoms with E-state index in [1.165, 1.54) is 17.7 Å². The van der Waals surface area contributed by atoms with Crippen LogP contribution in [0.5, 0.6) is 0 Å². The van der Waals surface area contributed by atoms with E-state index in [1.54, 1.807) is 18.2 Å². The molecule has 0 radical (unpaired) electrons. The molecule has 0 amide bonds. The quantitative estimate of drug-likeness (QED) is 0.833. The van der Waals surface area contributed by atoms with Gasteiger partial charge in [-0.05, 0) is 55.2 Å². The summed E-state index contributed by atoms with van der Waals surface area (Å²) < 4.78 is 21.2. The zero-order chi connectivity index (χ0) is 18.3. The standard InChI is InChI=1S/C21H23FN2O2/c1-3-18(13-25)26-20-9-4-15-10-19-14(11-21(15,20)2)12-23-24(19)17-7-5-16(22)6-8-17/h3,5-8,10,12,18,20,25H,1,4,9,11,13H2,2H3. The summed E-state index contributed by atoms with van der Waals surface area (Å²) >= 11 is 0. The third kappa shape index (κ3) is 2.72. The average Bonchev–Trinajstić information content (AvgIpc) is 3.18. The van der Waals surface area contributed by atoms with Gasteiger partial charge in [0, 0.05) is 5.41 Å². The Labute approximate surface area is 152 Å². The first kappa shape index (κ1) is 17.2. The molecule has 0 saturated heterocycles. The number of benzene rings is 1. The van der Waals surface area contributed by atoms with Crippen LogP contribution in [0.4, 0.5) is 4.39 Å². The minimum Gasteiger partial charge on any atom is -0.393 e. The molecule has 0 aliphatic heterocycles. The summed E-state index contributed by atoms with van der Waals surface area (Å²) in [6.45, 7) is 5.92. The first-order chi connectivity index (χ1) is 12.5. The van der Waals surface area contributed by atoms with E-state index in [9.17, 15) is 9.50 Å². The van der Waals surface area contributed by atoms with Crippen molar-refractivity contribution in [2.45, 2.75) is 38.4 Å². The molecule has 3 atom stereocenters. The summed E-state index contributed by atoms with van der Waals surface area (Å²) in [4.78, 5) is 0. The molecule has 0 bridgehead atoms. The number of halogens is 1. The monoisotopic (exact) mass is 354 g/mol. The molecule has 3 unspecified atom stereocenters. The smallest absolute Gasteiger partial charge is 0.123 e. The molecule has 1 saturated carbocycles. The molecule has 0 spiro atoms. The highest BCUT2D eigenvalue weighted by atomic mass is 19.1. The van der Waals surface area contributed by atoms with Crippen molar-refractivity contribution in [1.82, 2.24) is 9.78 Å². The van der Waals surface area contributed by atoms with Crippen molar-refractivity contribution in [2.75, 3.05) is 6.61 Å². The Bertz CT molecular complexity index is 855. The van der Waals surface area contributed by atoms with Gasteiger partial charge in [0.15, 0.2) is 0 Å². The lowest BCUT2D eigenvalue weighted by Crippen LogP contribution is -2.37. The van der Waals surface area contributed by atoms with E-state index in [2.05, 4.69) is 24.7 Å². The van der Waals surface area contributed by atoms with E-state index in [0.717, 1.165) is 36.2 Å². The molecule has 26 heavy (non-hydrogen) atoms. The zero-order valence-corrected chi connectivity index (χ0v) is 14.9. The first-order valence-corrected chi connectivity index (χ1v) is 8.98. The maximum absolute atomic E-state index is 13.2. The molecule has 1 heterocycles. The maximum atomic E-state index is 13.2. The highest BCUT2D eigenvalue weighted by Gasteiger charge is 2.46. The highest BCUT2D eigenvalue weighted by Crippen LogP contribution is 2.51. The van der Waals surface area contributed by atoms with Crippen LogP contribution >= 0.6 is 0 Å². The number of hydrogen-bond acceptors (Lipinski definition) is 3. The molecule has 5 heteroatoms. The summed E-state index contributed by atoms with van der Waals surface area (Å²) in [5.74, 6) is -0.253. The van der Waals surface area contributed by atoms with Gasteiger partial charge in [-0.15, -0.1) is 6.58 Å². The van der Waals surface area contributed by atoms with Crippen molar-refractivity contribution in [3.8, 4) is 5.69 Å². The van der Waals surface area contributed by atoms with Gasteiger partial charge >= 0.3 is 0 Å². The van der Waals surface area contributed by atoms with Crippen LogP contribution in [0, 0.1) is 11.2 Å². The van der Waals surface area contributed by atoms with Crippen molar-refractivity contribution in [1.29, 1.82) is 0 Å². The lowest BCUT2D eigenvalue weighted by Gasteiger charge is -2.36. The Hall–Kier alpha value is -2.24. The van der Waals surface area contributed by atoms with Gasteiger partial charge in [0.25, 0.3) is 0 Å². The van der Waals surface area contributed by atoms with Crippen LogP contribution in [0.3, 0.4) is 0 Å². The van der Waals surface area contributed by atoms with Gasteiger partial charge in [-0.25, -0.2) is 9.07 Å². The molecule has 2 aliphatic rings. The molecule has 2 aliphatic carbocycles. The van der Waals surface area contributed by atoms with Crippen LogP contribution in [-0.2, 0) is 11.2 Å². The second-order valence-corrected chi connectivity index (χ2v) is 7.33. The Morgan fingerprint density at radius 1 is 1.46 bits per heavy atom. The topological polar surface area (TPSA) is 47.3 Å². The third-order valence-corrected chi connectivity index (χ3v) is 5.73. The summed E-state index contributed by atoms with van der Waals surface area (Å²) in [6.07, 6.45) is 8.21. The van der Waals surface area contributed by atoms with Crippen LogP contribution in [0.25, 0.3) is 11.8 Å². The number of fused-ring (bicyclic) bond motifs is 2. The number of hydrogen-bond donors (Lipinski definition) is 1. The number of rotatable bonds is 5. The number of aromatic nitrogens is 2. The minimum atomic E-state index is -0.334. The van der Waals surface area contributed by atoms with Gasteiger partial charge in [0.2, 0.25) is 0 Å². The SMILES string of the molecule is C=CC(CO)OC1CCC2=Cc3c(cnn3-c3ccc(F)cc3)CC21C. The third-order valence-electron chi connectivity index (χ3n) is 5.73.